The number of benzene rings is 2. The Bertz CT molecular complexity index is 1170. The number of hydrogen-bond acceptors (Lipinski definition) is 5. The number of likely N-dealkylation sites (N-methyl/N-ethyl adjacent to an activating group) is 1. The predicted molar refractivity (Wildman–Crippen MR) is 127 cm³/mol. The number of nitrogens with one attached hydrogen (secondary N) is 1. The SMILES string of the molecule is CNC(=O)C(=Nc1ccc(Cl)cc1)c1cc(C2CC2)c(N(CCC(F)F)S(C)(=O)=O)cc1N. The molecule has 33 heavy (non-hydrogen) atoms. The molecular formula is C22H25ClF2N4O3S. The highest BCUT2D eigenvalue weighted by molar-refractivity contribution is 7.92. The number of nitrogens with zero attached hydrogens (tertiary/aromatic N) is 2. The van der Waals surface area contributed by atoms with Crippen LogP contribution in [0, 0.1) is 0 Å². The third-order valence-corrected chi connectivity index (χ3v) is 6.63. The molecule has 0 spiro atoms. The van der Waals surface area contributed by atoms with E-state index in [1.807, 2.05) is 0 Å². The first-order chi connectivity index (χ1) is 15.5. The van der Waals surface area contributed by atoms with Crippen LogP contribution in [0.5, 0.6) is 0 Å². The summed E-state index contributed by atoms with van der Waals surface area (Å²) in [6, 6.07) is 9.64. The van der Waals surface area contributed by atoms with Crippen LogP contribution in [0.2, 0.25) is 5.02 Å². The van der Waals surface area contributed by atoms with Gasteiger partial charge >= 0.3 is 0 Å². The predicted octanol–water partition coefficient (Wildman–Crippen LogP) is 4.09. The lowest BCUT2D eigenvalue weighted by Crippen LogP contribution is -2.33. The minimum atomic E-state index is -3.84. The number of anilines is 2. The maximum Gasteiger partial charge on any atom is 0.270 e. The molecule has 0 unspecified atom stereocenters. The summed E-state index contributed by atoms with van der Waals surface area (Å²) in [7, 11) is -2.38. The summed E-state index contributed by atoms with van der Waals surface area (Å²) >= 11 is 5.92. The number of alkyl halides is 2. The molecule has 0 radical (unpaired) electrons. The fraction of sp³-hybridized carbons (Fsp3) is 0.364. The van der Waals surface area contributed by atoms with Gasteiger partial charge in [-0.3, -0.25) is 9.10 Å². The van der Waals surface area contributed by atoms with Gasteiger partial charge in [-0.1, -0.05) is 11.6 Å². The maximum atomic E-state index is 12.9. The van der Waals surface area contributed by atoms with Crippen molar-refractivity contribution in [3.63, 3.8) is 0 Å². The molecule has 178 valence electrons. The summed E-state index contributed by atoms with van der Waals surface area (Å²) in [5.74, 6) is -0.444. The Hall–Kier alpha value is -2.72. The molecule has 1 amide bonds. The second-order valence-electron chi connectivity index (χ2n) is 7.80. The summed E-state index contributed by atoms with van der Waals surface area (Å²) in [5.41, 5.74) is 8.11. The molecule has 3 rings (SSSR count). The van der Waals surface area contributed by atoms with Gasteiger partial charge in [-0.2, -0.15) is 0 Å². The Labute approximate surface area is 196 Å². The summed E-state index contributed by atoms with van der Waals surface area (Å²) in [5, 5.41) is 3.05. The topological polar surface area (TPSA) is 105 Å². The molecular weight excluding hydrogens is 474 g/mol. The van der Waals surface area contributed by atoms with Crippen molar-refractivity contribution in [3.05, 3.63) is 52.5 Å². The lowest BCUT2D eigenvalue weighted by molar-refractivity contribution is -0.114. The van der Waals surface area contributed by atoms with Crippen molar-refractivity contribution in [3.8, 4) is 0 Å². The van der Waals surface area contributed by atoms with Crippen molar-refractivity contribution >= 4 is 50.3 Å². The third kappa shape index (κ3) is 6.20. The van der Waals surface area contributed by atoms with E-state index < -0.39 is 28.8 Å². The molecule has 1 saturated carbocycles. The van der Waals surface area contributed by atoms with Crippen LogP contribution < -0.4 is 15.4 Å². The maximum absolute atomic E-state index is 12.9. The molecule has 0 aliphatic heterocycles. The molecule has 0 heterocycles. The molecule has 1 aliphatic carbocycles. The van der Waals surface area contributed by atoms with E-state index in [1.165, 1.54) is 13.1 Å². The lowest BCUT2D eigenvalue weighted by Gasteiger charge is -2.26. The van der Waals surface area contributed by atoms with E-state index in [0.29, 0.717) is 21.8 Å². The number of carbonyl (C=O) groups excluding carboxylic acids is 1. The average Bonchev–Trinajstić information content (AvgIpc) is 3.57. The van der Waals surface area contributed by atoms with E-state index in [0.717, 1.165) is 23.4 Å². The number of carbonyl (C=O) groups is 1. The van der Waals surface area contributed by atoms with Crippen molar-refractivity contribution in [2.75, 3.05) is 29.9 Å². The van der Waals surface area contributed by atoms with E-state index >= 15 is 0 Å². The first-order valence-electron chi connectivity index (χ1n) is 10.3. The highest BCUT2D eigenvalue weighted by Gasteiger charge is 2.32. The number of rotatable bonds is 9. The van der Waals surface area contributed by atoms with Gasteiger partial charge in [-0.15, -0.1) is 0 Å². The van der Waals surface area contributed by atoms with Crippen LogP contribution >= 0.6 is 11.6 Å². The van der Waals surface area contributed by atoms with E-state index in [9.17, 15) is 22.0 Å². The molecule has 2 aromatic rings. The lowest BCUT2D eigenvalue weighted by atomic mass is 9.98. The Morgan fingerprint density at radius 3 is 2.42 bits per heavy atom. The van der Waals surface area contributed by atoms with Gasteiger partial charge in [0.25, 0.3) is 5.91 Å². The Kier molecular flexibility index (Phi) is 7.58. The highest BCUT2D eigenvalue weighted by atomic mass is 35.5. The van der Waals surface area contributed by atoms with Gasteiger partial charge in [0.2, 0.25) is 16.4 Å². The molecule has 7 nitrogen and oxygen atoms in total. The minimum absolute atomic E-state index is 0.0385. The molecule has 3 N–H and O–H groups in total. The molecule has 1 aliphatic rings. The van der Waals surface area contributed by atoms with Crippen LogP contribution in [0.25, 0.3) is 0 Å². The van der Waals surface area contributed by atoms with E-state index in [4.69, 9.17) is 17.3 Å². The van der Waals surface area contributed by atoms with Crippen molar-refractivity contribution in [2.24, 2.45) is 4.99 Å². The number of nitrogens with two attached hydrogens (primary N) is 1. The fourth-order valence-electron chi connectivity index (χ4n) is 3.44. The standard InChI is InChI=1S/C22H25ClF2N4O3S/c1-27-22(30)21(28-15-7-5-14(23)6-8-15)17-11-16(13-3-4-13)19(12-18(17)26)29(33(2,31)32)10-9-20(24)25/h5-8,11-13,20H,3-4,9-10,26H2,1-2H3,(H,27,30). The normalized spacial score (nSPS) is 14.4. The zero-order valence-corrected chi connectivity index (χ0v) is 19.8. The number of amides is 1. The number of halogens is 3. The van der Waals surface area contributed by atoms with Crippen LogP contribution in [0.4, 0.5) is 25.8 Å². The first kappa shape index (κ1) is 24.9. The second kappa shape index (κ2) is 10.0. The Balaban J connectivity index is 2.15. The first-order valence-corrected chi connectivity index (χ1v) is 12.5. The molecule has 0 bridgehead atoms. The van der Waals surface area contributed by atoms with Crippen LogP contribution in [0.1, 0.15) is 36.3 Å². The molecule has 11 heteroatoms. The largest absolute Gasteiger partial charge is 0.398 e. The monoisotopic (exact) mass is 498 g/mol. The van der Waals surface area contributed by atoms with E-state index in [1.54, 1.807) is 30.3 Å². The van der Waals surface area contributed by atoms with Crippen LogP contribution in [0.15, 0.2) is 41.4 Å². The van der Waals surface area contributed by atoms with Gasteiger partial charge in [-0.25, -0.2) is 22.2 Å². The zero-order chi connectivity index (χ0) is 24.3. The van der Waals surface area contributed by atoms with Gasteiger partial charge in [-0.05, 0) is 60.7 Å². The van der Waals surface area contributed by atoms with Crippen molar-refractivity contribution in [2.45, 2.75) is 31.6 Å². The molecule has 0 saturated heterocycles. The summed E-state index contributed by atoms with van der Waals surface area (Å²) in [6.45, 7) is -0.379. The van der Waals surface area contributed by atoms with Gasteiger partial charge < -0.3 is 11.1 Å². The van der Waals surface area contributed by atoms with Crippen LogP contribution in [-0.2, 0) is 14.8 Å². The van der Waals surface area contributed by atoms with Crippen molar-refractivity contribution < 1.29 is 22.0 Å². The number of aliphatic imine (C=N–C) groups is 1. The van der Waals surface area contributed by atoms with Gasteiger partial charge in [0.05, 0.1) is 17.6 Å². The minimum Gasteiger partial charge on any atom is -0.398 e. The fourth-order valence-corrected chi connectivity index (χ4v) is 4.52. The van der Waals surface area contributed by atoms with Crippen LogP contribution in [0.3, 0.4) is 0 Å². The smallest absolute Gasteiger partial charge is 0.270 e. The van der Waals surface area contributed by atoms with E-state index in [2.05, 4.69) is 10.3 Å². The highest BCUT2D eigenvalue weighted by Crippen LogP contribution is 2.46. The van der Waals surface area contributed by atoms with Gasteiger partial charge in [0.1, 0.15) is 5.71 Å². The summed E-state index contributed by atoms with van der Waals surface area (Å²) in [6.07, 6.45) is -0.669. The Morgan fingerprint density at radius 2 is 1.91 bits per heavy atom. The zero-order valence-electron chi connectivity index (χ0n) is 18.2. The summed E-state index contributed by atoms with van der Waals surface area (Å²) in [4.78, 5) is 17.1. The van der Waals surface area contributed by atoms with E-state index in [-0.39, 0.29) is 29.5 Å². The molecule has 2 aromatic carbocycles. The number of nitrogen functional groups attached to an aromatic ring is 1. The second-order valence-corrected chi connectivity index (χ2v) is 10.1. The van der Waals surface area contributed by atoms with Crippen LogP contribution in [-0.4, -0.2) is 46.3 Å². The van der Waals surface area contributed by atoms with Gasteiger partial charge in [0.15, 0.2) is 0 Å². The van der Waals surface area contributed by atoms with Crippen molar-refractivity contribution in [1.29, 1.82) is 0 Å². The quantitative estimate of drug-likeness (QED) is 0.401. The molecule has 0 aromatic heterocycles. The average molecular weight is 499 g/mol. The number of sulfonamides is 1. The van der Waals surface area contributed by atoms with Gasteiger partial charge in [0, 0.05) is 36.3 Å². The third-order valence-electron chi connectivity index (χ3n) is 5.20. The summed E-state index contributed by atoms with van der Waals surface area (Å²) < 4.78 is 51.6. The molecule has 1 fully saturated rings. The molecule has 0 atom stereocenters. The van der Waals surface area contributed by atoms with Crippen molar-refractivity contribution in [1.82, 2.24) is 5.32 Å². The number of hydrogen-bond donors (Lipinski definition) is 2. The Morgan fingerprint density at radius 1 is 1.27 bits per heavy atom.